The molecule has 0 aliphatic heterocycles. The van der Waals surface area contributed by atoms with Crippen LogP contribution in [-0.2, 0) is 4.79 Å². The maximum atomic E-state index is 11.8. The van der Waals surface area contributed by atoms with Crippen molar-refractivity contribution in [2.45, 2.75) is 19.9 Å². The Hall–Kier alpha value is -1.52. The molecule has 5 heteroatoms. The fourth-order valence-corrected chi connectivity index (χ4v) is 1.66. The van der Waals surface area contributed by atoms with E-state index in [0.29, 0.717) is 0 Å². The maximum Gasteiger partial charge on any atom is 0.241 e. The molecule has 1 aromatic carbocycles. The first-order valence-electron chi connectivity index (χ1n) is 5.71. The van der Waals surface area contributed by atoms with E-state index in [1.54, 1.807) is 0 Å². The number of aromatic amines is 1. The zero-order valence-corrected chi connectivity index (χ0v) is 11.3. The van der Waals surface area contributed by atoms with Gasteiger partial charge in [0.05, 0.1) is 6.04 Å². The van der Waals surface area contributed by atoms with Gasteiger partial charge >= 0.3 is 0 Å². The molecule has 0 aliphatic carbocycles. The molecule has 2 aromatic rings. The summed E-state index contributed by atoms with van der Waals surface area (Å²) in [4.78, 5) is 14.9. The highest BCUT2D eigenvalue weighted by Crippen LogP contribution is 2.18. The van der Waals surface area contributed by atoms with Gasteiger partial charge in [-0.3, -0.25) is 4.79 Å². The second kappa shape index (κ2) is 5.89. The molecular weight excluding hydrogens is 250 g/mol. The molecule has 0 unspecified atom stereocenters. The van der Waals surface area contributed by atoms with E-state index in [-0.39, 0.29) is 24.2 Å². The van der Waals surface area contributed by atoms with E-state index < -0.39 is 6.04 Å². The lowest BCUT2D eigenvalue weighted by atomic mass is 10.0. The average Bonchev–Trinajstić information content (AvgIpc) is 2.74. The first kappa shape index (κ1) is 14.5. The number of carbonyl (C=O) groups is 1. The van der Waals surface area contributed by atoms with Crippen LogP contribution in [-0.4, -0.2) is 16.9 Å². The van der Waals surface area contributed by atoms with E-state index in [1.807, 2.05) is 44.3 Å². The Labute approximate surface area is 112 Å². The molecule has 1 heterocycles. The SMILES string of the molecule is CC(C)[C@@H](N)C(=O)Nc1ccc2[nH]ccc2c1.Cl. The van der Waals surface area contributed by atoms with Gasteiger partial charge < -0.3 is 16.0 Å². The first-order chi connectivity index (χ1) is 8.08. The summed E-state index contributed by atoms with van der Waals surface area (Å²) in [6, 6.07) is 7.22. The van der Waals surface area contributed by atoms with Gasteiger partial charge in [0.2, 0.25) is 5.91 Å². The number of rotatable bonds is 3. The number of aromatic nitrogens is 1. The lowest BCUT2D eigenvalue weighted by Crippen LogP contribution is -2.39. The summed E-state index contributed by atoms with van der Waals surface area (Å²) in [5.74, 6) is -0.0131. The van der Waals surface area contributed by atoms with E-state index in [1.165, 1.54) is 0 Å². The van der Waals surface area contributed by atoms with Crippen LogP contribution < -0.4 is 11.1 Å². The Morgan fingerprint density at radius 1 is 1.33 bits per heavy atom. The average molecular weight is 268 g/mol. The summed E-state index contributed by atoms with van der Waals surface area (Å²) in [6.45, 7) is 3.86. The molecule has 0 bridgehead atoms. The van der Waals surface area contributed by atoms with Crippen LogP contribution in [0.5, 0.6) is 0 Å². The Kier molecular flexibility index (Phi) is 4.76. The van der Waals surface area contributed by atoms with Crippen LogP contribution in [0.15, 0.2) is 30.5 Å². The quantitative estimate of drug-likeness (QED) is 0.800. The van der Waals surface area contributed by atoms with Crippen LogP contribution in [0.3, 0.4) is 0 Å². The largest absolute Gasteiger partial charge is 0.361 e. The lowest BCUT2D eigenvalue weighted by molar-refractivity contribution is -0.118. The molecule has 4 N–H and O–H groups in total. The molecule has 18 heavy (non-hydrogen) atoms. The minimum absolute atomic E-state index is 0. The second-order valence-corrected chi connectivity index (χ2v) is 4.54. The van der Waals surface area contributed by atoms with Crippen molar-refractivity contribution < 1.29 is 4.79 Å². The smallest absolute Gasteiger partial charge is 0.241 e. The Balaban J connectivity index is 0.00000162. The molecule has 98 valence electrons. The molecule has 0 spiro atoms. The number of halogens is 1. The fraction of sp³-hybridized carbons (Fsp3) is 0.308. The molecule has 0 fully saturated rings. The Morgan fingerprint density at radius 3 is 2.72 bits per heavy atom. The van der Waals surface area contributed by atoms with Crippen molar-refractivity contribution in [1.29, 1.82) is 0 Å². The topological polar surface area (TPSA) is 70.9 Å². The lowest BCUT2D eigenvalue weighted by Gasteiger charge is -2.15. The molecule has 1 amide bonds. The van der Waals surface area contributed by atoms with E-state index >= 15 is 0 Å². The van der Waals surface area contributed by atoms with E-state index in [0.717, 1.165) is 16.6 Å². The van der Waals surface area contributed by atoms with Crippen LogP contribution in [0, 0.1) is 5.92 Å². The maximum absolute atomic E-state index is 11.8. The van der Waals surface area contributed by atoms with Crippen LogP contribution in [0.1, 0.15) is 13.8 Å². The zero-order valence-electron chi connectivity index (χ0n) is 10.4. The number of fused-ring (bicyclic) bond motifs is 1. The van der Waals surface area contributed by atoms with Crippen molar-refractivity contribution >= 4 is 34.9 Å². The molecule has 0 radical (unpaired) electrons. The van der Waals surface area contributed by atoms with Gasteiger partial charge in [-0.2, -0.15) is 0 Å². The fourth-order valence-electron chi connectivity index (χ4n) is 1.66. The molecule has 4 nitrogen and oxygen atoms in total. The number of nitrogens with one attached hydrogen (secondary N) is 2. The molecule has 0 saturated carbocycles. The highest BCUT2D eigenvalue weighted by atomic mass is 35.5. The Bertz CT molecular complexity index is 536. The molecule has 1 aromatic heterocycles. The number of carbonyl (C=O) groups excluding carboxylic acids is 1. The predicted molar refractivity (Wildman–Crippen MR) is 77.0 cm³/mol. The van der Waals surface area contributed by atoms with Crippen molar-refractivity contribution in [2.24, 2.45) is 11.7 Å². The van der Waals surface area contributed by atoms with Gasteiger partial charge in [-0.15, -0.1) is 12.4 Å². The molecular formula is C13H18ClN3O. The van der Waals surface area contributed by atoms with Gasteiger partial charge in [0.1, 0.15) is 0 Å². The van der Waals surface area contributed by atoms with Gasteiger partial charge in [-0.1, -0.05) is 13.8 Å². The number of anilines is 1. The molecule has 2 rings (SSSR count). The van der Waals surface area contributed by atoms with Crippen molar-refractivity contribution in [2.75, 3.05) is 5.32 Å². The molecule has 1 atom stereocenters. The summed E-state index contributed by atoms with van der Waals surface area (Å²) in [7, 11) is 0. The third kappa shape index (κ3) is 3.03. The van der Waals surface area contributed by atoms with Gasteiger partial charge in [0.25, 0.3) is 0 Å². The van der Waals surface area contributed by atoms with Crippen LogP contribution in [0.4, 0.5) is 5.69 Å². The molecule has 0 saturated heterocycles. The minimum Gasteiger partial charge on any atom is -0.361 e. The van der Waals surface area contributed by atoms with Gasteiger partial charge in [0.15, 0.2) is 0 Å². The number of amides is 1. The van der Waals surface area contributed by atoms with Crippen molar-refractivity contribution in [3.63, 3.8) is 0 Å². The van der Waals surface area contributed by atoms with E-state index in [4.69, 9.17) is 5.73 Å². The van der Waals surface area contributed by atoms with Crippen molar-refractivity contribution in [1.82, 2.24) is 4.98 Å². The number of hydrogen-bond donors (Lipinski definition) is 3. The summed E-state index contributed by atoms with van der Waals surface area (Å²) < 4.78 is 0. The number of H-pyrrole nitrogens is 1. The highest BCUT2D eigenvalue weighted by Gasteiger charge is 2.17. The van der Waals surface area contributed by atoms with Gasteiger partial charge in [-0.25, -0.2) is 0 Å². The summed E-state index contributed by atoms with van der Waals surface area (Å²) in [6.07, 6.45) is 1.87. The van der Waals surface area contributed by atoms with Crippen LogP contribution in [0.25, 0.3) is 10.9 Å². The van der Waals surface area contributed by atoms with Crippen molar-refractivity contribution in [3.05, 3.63) is 30.5 Å². The number of hydrogen-bond acceptors (Lipinski definition) is 2. The summed E-state index contributed by atoms with van der Waals surface area (Å²) in [5.41, 5.74) is 7.61. The van der Waals surface area contributed by atoms with Crippen LogP contribution in [0.2, 0.25) is 0 Å². The summed E-state index contributed by atoms with van der Waals surface area (Å²) >= 11 is 0. The monoisotopic (exact) mass is 267 g/mol. The molecule has 0 aliphatic rings. The first-order valence-corrected chi connectivity index (χ1v) is 5.71. The zero-order chi connectivity index (χ0) is 12.4. The van der Waals surface area contributed by atoms with Gasteiger partial charge in [-0.05, 0) is 30.2 Å². The van der Waals surface area contributed by atoms with Crippen LogP contribution >= 0.6 is 12.4 Å². The number of benzene rings is 1. The van der Waals surface area contributed by atoms with E-state index in [2.05, 4.69) is 10.3 Å². The standard InChI is InChI=1S/C13H17N3O.ClH/c1-8(2)12(14)13(17)16-10-3-4-11-9(7-10)5-6-15-11;/h3-8,12,15H,14H2,1-2H3,(H,16,17);1H/t12-;/m1./s1. The third-order valence-corrected chi connectivity index (χ3v) is 2.84. The Morgan fingerprint density at radius 2 is 2.06 bits per heavy atom. The third-order valence-electron chi connectivity index (χ3n) is 2.84. The number of nitrogens with two attached hydrogens (primary N) is 1. The predicted octanol–water partition coefficient (Wildman–Crippen LogP) is 2.51. The minimum atomic E-state index is -0.475. The second-order valence-electron chi connectivity index (χ2n) is 4.54. The highest BCUT2D eigenvalue weighted by molar-refractivity contribution is 5.96. The van der Waals surface area contributed by atoms with Gasteiger partial charge in [0, 0.05) is 22.8 Å². The summed E-state index contributed by atoms with van der Waals surface area (Å²) in [5, 5.41) is 3.90. The van der Waals surface area contributed by atoms with E-state index in [9.17, 15) is 4.79 Å². The normalized spacial score (nSPS) is 12.2. The van der Waals surface area contributed by atoms with Crippen molar-refractivity contribution in [3.8, 4) is 0 Å².